The molecule has 132 valence electrons. The molecule has 2 bridgehead atoms. The fraction of sp³-hybridized carbons (Fsp3) is 0. The van der Waals surface area contributed by atoms with E-state index in [0.29, 0.717) is 27.9 Å². The quantitative estimate of drug-likeness (QED) is 0.269. The number of nitrogens with zero attached hydrogens (tertiary/aromatic N) is 4. The number of benzene rings is 4. The molecule has 6 aromatic rings. The average Bonchev–Trinajstić information content (AvgIpc) is 2.72. The molecule has 28 heavy (non-hydrogen) atoms. The predicted octanol–water partition coefficient (Wildman–Crippen LogP) is 4.83. The molecule has 0 unspecified atom stereocenters. The van der Waals surface area contributed by atoms with Gasteiger partial charge in [-0.15, -0.1) is 10.2 Å². The van der Waals surface area contributed by atoms with E-state index in [4.69, 9.17) is 0 Å². The van der Waals surface area contributed by atoms with E-state index in [1.807, 2.05) is 48.5 Å². The molecule has 0 saturated heterocycles. The Morgan fingerprint density at radius 3 is 2.64 bits per heavy atom. The number of nitro groups is 1. The number of nitro benzene ring substituents is 1. The Bertz CT molecular complexity index is 1550. The van der Waals surface area contributed by atoms with Gasteiger partial charge in [-0.25, -0.2) is 4.98 Å². The maximum absolute atomic E-state index is 11.8. The molecule has 6 rings (SSSR count). The first-order chi connectivity index (χ1) is 13.7. The second kappa shape index (κ2) is 5.20. The fourth-order valence-electron chi connectivity index (χ4n) is 4.02. The second-order valence-electron chi connectivity index (χ2n) is 6.72. The number of fused-ring (bicyclic) bond motifs is 2. The third-order valence-electron chi connectivity index (χ3n) is 5.19. The predicted molar refractivity (Wildman–Crippen MR) is 107 cm³/mol. The highest BCUT2D eigenvalue weighted by Gasteiger charge is 2.23. The molecule has 7 heteroatoms. The van der Waals surface area contributed by atoms with E-state index in [0.717, 1.165) is 27.1 Å². The highest BCUT2D eigenvalue weighted by molar-refractivity contribution is 6.19. The van der Waals surface area contributed by atoms with Crippen molar-refractivity contribution in [1.29, 1.82) is 0 Å². The van der Waals surface area contributed by atoms with E-state index in [9.17, 15) is 10.1 Å². The van der Waals surface area contributed by atoms with Crippen molar-refractivity contribution in [2.75, 3.05) is 0 Å². The van der Waals surface area contributed by atoms with E-state index in [1.165, 1.54) is 0 Å². The lowest BCUT2D eigenvalue weighted by atomic mass is 9.93. The van der Waals surface area contributed by atoms with Crippen LogP contribution in [0.1, 0.15) is 0 Å². The first-order valence-corrected chi connectivity index (χ1v) is 8.74. The average molecular weight is 365 g/mol. The van der Waals surface area contributed by atoms with Crippen molar-refractivity contribution >= 4 is 49.6 Å². The first-order valence-electron chi connectivity index (χ1n) is 8.74. The summed E-state index contributed by atoms with van der Waals surface area (Å²) in [7, 11) is 0. The van der Waals surface area contributed by atoms with Crippen LogP contribution in [0.25, 0.3) is 55.0 Å². The Balaban J connectivity index is 1.87. The molecule has 2 aromatic heterocycles. The number of hydrogen-bond donors (Lipinski definition) is 1. The van der Waals surface area contributed by atoms with Crippen LogP contribution in [0.15, 0.2) is 60.7 Å². The van der Waals surface area contributed by atoms with Crippen LogP contribution in [0.2, 0.25) is 0 Å². The molecule has 2 heterocycles. The SMILES string of the molecule is O=[N+]([O-])c1ccc2ccccc2c1-c1cc2cccc3[nH]c4nnc1c(n4)c23. The van der Waals surface area contributed by atoms with Crippen LogP contribution in [-0.2, 0) is 0 Å². The molecule has 0 fully saturated rings. The summed E-state index contributed by atoms with van der Waals surface area (Å²) in [5.74, 6) is 0.428. The Morgan fingerprint density at radius 2 is 1.75 bits per heavy atom. The van der Waals surface area contributed by atoms with Gasteiger partial charge < -0.3 is 4.98 Å². The van der Waals surface area contributed by atoms with Gasteiger partial charge in [-0.3, -0.25) is 10.1 Å². The molecule has 0 aliphatic carbocycles. The summed E-state index contributed by atoms with van der Waals surface area (Å²) in [5.41, 5.74) is 3.42. The molecule has 7 nitrogen and oxygen atoms in total. The fourth-order valence-corrected chi connectivity index (χ4v) is 4.02. The summed E-state index contributed by atoms with van der Waals surface area (Å²) in [6.07, 6.45) is 0. The molecule has 0 radical (unpaired) electrons. The normalized spacial score (nSPS) is 11.9. The number of rotatable bonds is 2. The lowest BCUT2D eigenvalue weighted by Gasteiger charge is -2.14. The van der Waals surface area contributed by atoms with Crippen molar-refractivity contribution in [1.82, 2.24) is 20.2 Å². The van der Waals surface area contributed by atoms with E-state index in [2.05, 4.69) is 20.2 Å². The van der Waals surface area contributed by atoms with Gasteiger partial charge in [0.2, 0.25) is 5.78 Å². The Morgan fingerprint density at radius 1 is 0.893 bits per heavy atom. The number of H-pyrrole nitrogens is 1. The largest absolute Gasteiger partial charge is 0.322 e. The Hall–Kier alpha value is -4.13. The molecule has 1 N–H and O–H groups in total. The summed E-state index contributed by atoms with van der Waals surface area (Å²) >= 11 is 0. The highest BCUT2D eigenvalue weighted by Crippen LogP contribution is 2.42. The topological polar surface area (TPSA) is 97.6 Å². The van der Waals surface area contributed by atoms with Crippen molar-refractivity contribution in [2.24, 2.45) is 0 Å². The lowest BCUT2D eigenvalue weighted by molar-refractivity contribution is -0.384. The Kier molecular flexibility index (Phi) is 2.78. The van der Waals surface area contributed by atoms with Crippen LogP contribution >= 0.6 is 0 Å². The summed E-state index contributed by atoms with van der Waals surface area (Å²) in [4.78, 5) is 19.2. The molecule has 0 saturated carbocycles. The van der Waals surface area contributed by atoms with E-state index >= 15 is 0 Å². The van der Waals surface area contributed by atoms with E-state index in [1.54, 1.807) is 12.1 Å². The number of hydrogen-bond acceptors (Lipinski definition) is 5. The van der Waals surface area contributed by atoms with Gasteiger partial charge in [0.15, 0.2) is 0 Å². The lowest BCUT2D eigenvalue weighted by Crippen LogP contribution is -2.00. The zero-order chi connectivity index (χ0) is 18.8. The summed E-state index contributed by atoms with van der Waals surface area (Å²) in [6, 6.07) is 18.8. The molecule has 0 spiro atoms. The summed E-state index contributed by atoms with van der Waals surface area (Å²) in [6.45, 7) is 0. The van der Waals surface area contributed by atoms with Crippen LogP contribution < -0.4 is 0 Å². The zero-order valence-electron chi connectivity index (χ0n) is 14.4. The minimum Gasteiger partial charge on any atom is -0.322 e. The molecule has 0 amide bonds. The van der Waals surface area contributed by atoms with Crippen molar-refractivity contribution in [3.63, 3.8) is 0 Å². The Labute approximate surface area is 157 Å². The molecular weight excluding hydrogens is 354 g/mol. The van der Waals surface area contributed by atoms with Gasteiger partial charge in [-0.1, -0.05) is 36.4 Å². The van der Waals surface area contributed by atoms with Crippen LogP contribution in [0, 0.1) is 10.1 Å². The van der Waals surface area contributed by atoms with Crippen molar-refractivity contribution in [3.8, 4) is 11.1 Å². The zero-order valence-corrected chi connectivity index (χ0v) is 14.4. The number of aromatic nitrogens is 4. The molecule has 0 aliphatic rings. The third kappa shape index (κ3) is 1.90. The van der Waals surface area contributed by atoms with Crippen molar-refractivity contribution < 1.29 is 4.92 Å². The van der Waals surface area contributed by atoms with Gasteiger partial charge in [0.05, 0.1) is 16.0 Å². The van der Waals surface area contributed by atoms with Gasteiger partial charge in [-0.2, -0.15) is 0 Å². The minimum atomic E-state index is -0.350. The monoisotopic (exact) mass is 365 g/mol. The first kappa shape index (κ1) is 15.0. The van der Waals surface area contributed by atoms with Gasteiger partial charge >= 0.3 is 0 Å². The summed E-state index contributed by atoms with van der Waals surface area (Å²) < 4.78 is 0. The van der Waals surface area contributed by atoms with E-state index < -0.39 is 0 Å². The number of aromatic amines is 1. The van der Waals surface area contributed by atoms with Gasteiger partial charge in [-0.05, 0) is 34.4 Å². The van der Waals surface area contributed by atoms with Gasteiger partial charge in [0.25, 0.3) is 5.69 Å². The minimum absolute atomic E-state index is 0.0385. The molecule has 4 aromatic carbocycles. The van der Waals surface area contributed by atoms with Crippen LogP contribution in [-0.4, -0.2) is 25.1 Å². The third-order valence-corrected chi connectivity index (χ3v) is 5.19. The summed E-state index contributed by atoms with van der Waals surface area (Å²) in [5, 5.41) is 24.0. The maximum Gasteiger partial charge on any atom is 0.277 e. The molecular formula is C21H11N5O2. The van der Waals surface area contributed by atoms with Crippen molar-refractivity contribution in [3.05, 3.63) is 70.8 Å². The van der Waals surface area contributed by atoms with Crippen LogP contribution in [0.5, 0.6) is 0 Å². The number of nitrogens with one attached hydrogen (secondary N) is 1. The van der Waals surface area contributed by atoms with Gasteiger partial charge in [0.1, 0.15) is 11.0 Å². The molecule has 0 aliphatic heterocycles. The van der Waals surface area contributed by atoms with Crippen molar-refractivity contribution in [2.45, 2.75) is 0 Å². The second-order valence-corrected chi connectivity index (χ2v) is 6.72. The maximum atomic E-state index is 11.8. The van der Waals surface area contributed by atoms with Crippen LogP contribution in [0.3, 0.4) is 0 Å². The highest BCUT2D eigenvalue weighted by atomic mass is 16.6. The standard InChI is InChI=1S/C21H11N5O2/c27-26(28)16-9-8-11-4-1-2-6-13(11)18(16)14-10-12-5-3-7-15-17(12)20-19(14)24-25-21(22-15)23-20/h1-10H,(H,22,23,25). The molecule has 0 atom stereocenters. The van der Waals surface area contributed by atoms with E-state index in [-0.39, 0.29) is 10.6 Å². The smallest absolute Gasteiger partial charge is 0.277 e. The van der Waals surface area contributed by atoms with Crippen LogP contribution in [0.4, 0.5) is 5.69 Å². The van der Waals surface area contributed by atoms with Gasteiger partial charge in [0, 0.05) is 17.0 Å².